The van der Waals surface area contributed by atoms with Gasteiger partial charge >= 0.3 is 6.09 Å². The molecule has 39 heavy (non-hydrogen) atoms. The predicted octanol–water partition coefficient (Wildman–Crippen LogP) is 3.71. The van der Waals surface area contributed by atoms with Crippen molar-refractivity contribution in [2.24, 2.45) is 7.05 Å². The molecular weight excluding hydrogens is 547 g/mol. The number of nitrogens with zero attached hydrogens (tertiary/aromatic N) is 6. The molecule has 1 unspecified atom stereocenters. The van der Waals surface area contributed by atoms with E-state index in [2.05, 4.69) is 36.0 Å². The van der Waals surface area contributed by atoms with Crippen LogP contribution in [0.4, 0.5) is 9.18 Å². The maximum absolute atomic E-state index is 15.0. The highest BCUT2D eigenvalue weighted by Crippen LogP contribution is 2.44. The molecule has 1 saturated carbocycles. The summed E-state index contributed by atoms with van der Waals surface area (Å²) in [7, 11) is 1.60. The number of thioether (sulfide) groups is 1. The Hall–Kier alpha value is -4.10. The van der Waals surface area contributed by atoms with Gasteiger partial charge in [-0.3, -0.25) is 4.79 Å². The first kappa shape index (κ1) is 25.2. The molecule has 0 radical (unpaired) electrons. The number of carbonyl (C=O) groups excluding carboxylic acids is 2. The van der Waals surface area contributed by atoms with Gasteiger partial charge in [0.1, 0.15) is 17.7 Å². The fourth-order valence-corrected chi connectivity index (χ4v) is 5.81. The molecule has 14 heteroatoms. The Morgan fingerprint density at radius 3 is 2.72 bits per heavy atom. The van der Waals surface area contributed by atoms with Crippen molar-refractivity contribution in [1.82, 2.24) is 40.8 Å². The number of benzene rings is 2. The fourth-order valence-electron chi connectivity index (χ4n) is 4.41. The van der Waals surface area contributed by atoms with E-state index in [0.717, 1.165) is 16.0 Å². The SMILES string of the molecule is Cn1nnc(-c2c(F)cc(Cl)cc2-c2ccc3c(c2)SCC3NC(=O)C2(NC(=O)Oc3cncnc3)CC2)n1. The number of fused-ring (bicyclic) bond motifs is 1. The molecule has 0 spiro atoms. The zero-order valence-electron chi connectivity index (χ0n) is 20.4. The Bertz CT molecular complexity index is 1600. The zero-order valence-corrected chi connectivity index (χ0v) is 22.0. The first-order valence-electron chi connectivity index (χ1n) is 11.9. The van der Waals surface area contributed by atoms with E-state index in [-0.39, 0.29) is 34.1 Å². The fraction of sp³-hybridized carbons (Fsp3) is 0.240. The number of halogens is 2. The Balaban J connectivity index is 1.19. The van der Waals surface area contributed by atoms with Crippen LogP contribution in [0.3, 0.4) is 0 Å². The summed E-state index contributed by atoms with van der Waals surface area (Å²) >= 11 is 7.77. The molecule has 2 amide bonds. The summed E-state index contributed by atoms with van der Waals surface area (Å²) in [6.07, 6.45) is 4.30. The van der Waals surface area contributed by atoms with Gasteiger partial charge in [-0.05, 0) is 52.9 Å². The van der Waals surface area contributed by atoms with Crippen molar-refractivity contribution in [3.63, 3.8) is 0 Å². The minimum Gasteiger partial charge on any atom is -0.407 e. The van der Waals surface area contributed by atoms with Gasteiger partial charge in [0.05, 0.1) is 31.0 Å². The Labute approximate surface area is 230 Å². The molecular formula is C25H20ClFN8O3S. The summed E-state index contributed by atoms with van der Waals surface area (Å²) in [5, 5.41) is 17.9. The molecule has 11 nitrogen and oxygen atoms in total. The third-order valence-electron chi connectivity index (χ3n) is 6.47. The number of hydrogen-bond acceptors (Lipinski definition) is 9. The summed E-state index contributed by atoms with van der Waals surface area (Å²) in [5.74, 6) is 0.111. The standard InChI is InChI=1S/C25H20ClFN8O3S/c1-35-33-22(32-34-35)21-17(7-14(26)8-18(21)27)13-2-3-16-19(11-39-20(16)6-13)30-23(36)25(4-5-25)31-24(37)38-15-9-28-12-29-10-15/h2-3,6-10,12,19H,4-5,11H2,1H3,(H,30,36)(H,31,37). The van der Waals surface area contributed by atoms with E-state index in [9.17, 15) is 9.59 Å². The van der Waals surface area contributed by atoms with E-state index in [1.54, 1.807) is 24.9 Å². The first-order chi connectivity index (χ1) is 18.8. The quantitative estimate of drug-likeness (QED) is 0.358. The monoisotopic (exact) mass is 566 g/mol. The van der Waals surface area contributed by atoms with Crippen molar-refractivity contribution in [2.45, 2.75) is 29.3 Å². The lowest BCUT2D eigenvalue weighted by Gasteiger charge is -2.20. The van der Waals surface area contributed by atoms with Gasteiger partial charge in [-0.1, -0.05) is 23.7 Å². The van der Waals surface area contributed by atoms with Crippen LogP contribution in [0.15, 0.2) is 53.9 Å². The number of aromatic nitrogens is 6. The van der Waals surface area contributed by atoms with Gasteiger partial charge in [-0.25, -0.2) is 19.2 Å². The van der Waals surface area contributed by atoms with Crippen LogP contribution in [0.2, 0.25) is 5.02 Å². The predicted molar refractivity (Wildman–Crippen MR) is 139 cm³/mol. The van der Waals surface area contributed by atoms with Crippen molar-refractivity contribution in [2.75, 3.05) is 5.75 Å². The highest BCUT2D eigenvalue weighted by atomic mass is 35.5. The van der Waals surface area contributed by atoms with E-state index in [0.29, 0.717) is 24.2 Å². The molecule has 198 valence electrons. The lowest BCUT2D eigenvalue weighted by molar-refractivity contribution is -0.124. The smallest absolute Gasteiger partial charge is 0.407 e. The number of aryl methyl sites for hydroxylation is 1. The Kier molecular flexibility index (Phi) is 6.39. The van der Waals surface area contributed by atoms with E-state index < -0.39 is 17.4 Å². The molecule has 0 saturated heterocycles. The van der Waals surface area contributed by atoms with Crippen LogP contribution in [0.5, 0.6) is 5.75 Å². The third kappa shape index (κ3) is 5.02. The molecule has 4 aromatic rings. The number of hydrogen-bond donors (Lipinski definition) is 2. The summed E-state index contributed by atoms with van der Waals surface area (Å²) in [6, 6.07) is 8.30. The van der Waals surface area contributed by atoms with E-state index >= 15 is 4.39 Å². The number of ether oxygens (including phenoxy) is 1. The number of amides is 2. The second-order valence-electron chi connectivity index (χ2n) is 9.17. The molecule has 1 atom stereocenters. The van der Waals surface area contributed by atoms with Crippen molar-refractivity contribution < 1.29 is 18.7 Å². The van der Waals surface area contributed by atoms with Crippen LogP contribution in [0.1, 0.15) is 24.4 Å². The average molecular weight is 567 g/mol. The number of tetrazole rings is 1. The van der Waals surface area contributed by atoms with Crippen LogP contribution in [-0.2, 0) is 11.8 Å². The van der Waals surface area contributed by atoms with Crippen molar-refractivity contribution in [1.29, 1.82) is 0 Å². The summed E-state index contributed by atoms with van der Waals surface area (Å²) in [5.41, 5.74) is 1.38. The van der Waals surface area contributed by atoms with Gasteiger partial charge < -0.3 is 15.4 Å². The molecule has 2 aromatic heterocycles. The molecule has 3 heterocycles. The first-order valence-corrected chi connectivity index (χ1v) is 13.2. The van der Waals surface area contributed by atoms with Crippen LogP contribution in [0, 0.1) is 5.82 Å². The van der Waals surface area contributed by atoms with Gasteiger partial charge in [0, 0.05) is 15.7 Å². The van der Waals surface area contributed by atoms with Crippen LogP contribution in [0.25, 0.3) is 22.5 Å². The maximum Gasteiger partial charge on any atom is 0.413 e. The van der Waals surface area contributed by atoms with Crippen molar-refractivity contribution >= 4 is 35.4 Å². The molecule has 0 bridgehead atoms. The van der Waals surface area contributed by atoms with E-state index in [4.69, 9.17) is 16.3 Å². The second kappa shape index (κ2) is 9.89. The van der Waals surface area contributed by atoms with Gasteiger partial charge in [0.25, 0.3) is 0 Å². The van der Waals surface area contributed by atoms with Gasteiger partial charge in [0.15, 0.2) is 5.75 Å². The highest BCUT2D eigenvalue weighted by molar-refractivity contribution is 7.99. The highest BCUT2D eigenvalue weighted by Gasteiger charge is 2.52. The third-order valence-corrected chi connectivity index (χ3v) is 7.85. The molecule has 1 aliphatic carbocycles. The molecule has 2 aromatic carbocycles. The minimum atomic E-state index is -1.02. The Morgan fingerprint density at radius 1 is 1.21 bits per heavy atom. The Morgan fingerprint density at radius 2 is 2.00 bits per heavy atom. The largest absolute Gasteiger partial charge is 0.413 e. The lowest BCUT2D eigenvalue weighted by Crippen LogP contribution is -2.50. The molecule has 6 rings (SSSR count). The molecule has 1 fully saturated rings. The van der Waals surface area contributed by atoms with E-state index in [1.807, 2.05) is 18.2 Å². The normalized spacial score (nSPS) is 16.8. The number of nitrogens with one attached hydrogen (secondary N) is 2. The lowest BCUT2D eigenvalue weighted by atomic mass is 9.96. The maximum atomic E-state index is 15.0. The topological polar surface area (TPSA) is 137 Å². The van der Waals surface area contributed by atoms with Gasteiger partial charge in [-0.2, -0.15) is 4.80 Å². The molecule has 1 aliphatic heterocycles. The van der Waals surface area contributed by atoms with Crippen LogP contribution >= 0.6 is 23.4 Å². The summed E-state index contributed by atoms with van der Waals surface area (Å²) < 4.78 is 20.2. The number of rotatable bonds is 6. The average Bonchev–Trinajstić information content (AvgIpc) is 3.39. The van der Waals surface area contributed by atoms with Crippen molar-refractivity contribution in [3.8, 4) is 28.3 Å². The molecule has 2 N–H and O–H groups in total. The van der Waals surface area contributed by atoms with E-state index in [1.165, 1.54) is 29.6 Å². The number of carbonyl (C=O) groups is 2. The zero-order chi connectivity index (χ0) is 27.1. The molecule has 2 aliphatic rings. The summed E-state index contributed by atoms with van der Waals surface area (Å²) in [4.78, 5) is 35.3. The van der Waals surface area contributed by atoms with Crippen LogP contribution in [-0.4, -0.2) is 53.5 Å². The van der Waals surface area contributed by atoms with Gasteiger partial charge in [0.2, 0.25) is 11.7 Å². The second-order valence-corrected chi connectivity index (χ2v) is 10.7. The van der Waals surface area contributed by atoms with Gasteiger partial charge in [-0.15, -0.1) is 22.0 Å². The van der Waals surface area contributed by atoms with Crippen molar-refractivity contribution in [3.05, 3.63) is 65.5 Å². The minimum absolute atomic E-state index is 0.153. The summed E-state index contributed by atoms with van der Waals surface area (Å²) in [6.45, 7) is 0. The van der Waals surface area contributed by atoms with Crippen LogP contribution < -0.4 is 15.4 Å².